The van der Waals surface area contributed by atoms with Crippen molar-refractivity contribution in [3.05, 3.63) is 71.9 Å². The smallest absolute Gasteiger partial charge is 0.290 e. The number of Topliss-reactive ketones (excluding diaryl/α,β-unsaturated/α-hetero) is 1. The maximum absolute atomic E-state index is 13.7. The molecule has 4 rings (SSSR count). The van der Waals surface area contributed by atoms with Crippen LogP contribution in [0.5, 0.6) is 0 Å². The van der Waals surface area contributed by atoms with Gasteiger partial charge in [0.15, 0.2) is 0 Å². The summed E-state index contributed by atoms with van der Waals surface area (Å²) in [7, 11) is 0. The van der Waals surface area contributed by atoms with E-state index < -0.39 is 47.0 Å². The number of carbonyl (C=O) groups excluding carboxylic acids is 5. The fourth-order valence-electron chi connectivity index (χ4n) is 4.90. The molecule has 5 N–H and O–H groups in total. The van der Waals surface area contributed by atoms with E-state index in [9.17, 15) is 24.0 Å². The average Bonchev–Trinajstić information content (AvgIpc) is 3.40. The summed E-state index contributed by atoms with van der Waals surface area (Å²) in [5.74, 6) is -3.51. The number of hydrogen-bond donors (Lipinski definition) is 5. The lowest BCUT2D eigenvalue weighted by Crippen LogP contribution is -2.57. The van der Waals surface area contributed by atoms with Crippen LogP contribution in [0.4, 0.5) is 0 Å². The first kappa shape index (κ1) is 29.5. The summed E-state index contributed by atoms with van der Waals surface area (Å²) >= 11 is 0. The molecule has 3 aromatic rings. The number of aromatic nitrogens is 1. The van der Waals surface area contributed by atoms with E-state index in [2.05, 4.69) is 26.3 Å². The van der Waals surface area contributed by atoms with Gasteiger partial charge < -0.3 is 26.3 Å². The van der Waals surface area contributed by atoms with Crippen LogP contribution in [0.1, 0.15) is 56.0 Å². The van der Waals surface area contributed by atoms with Gasteiger partial charge in [0.2, 0.25) is 17.6 Å². The van der Waals surface area contributed by atoms with Gasteiger partial charge in [-0.25, -0.2) is 0 Å². The van der Waals surface area contributed by atoms with E-state index in [1.54, 1.807) is 45.2 Å². The molecule has 1 aromatic heterocycles. The molecule has 1 aliphatic rings. The van der Waals surface area contributed by atoms with Crippen LogP contribution in [-0.4, -0.2) is 58.6 Å². The van der Waals surface area contributed by atoms with Crippen molar-refractivity contribution in [1.29, 1.82) is 0 Å². The summed E-state index contributed by atoms with van der Waals surface area (Å²) in [6.45, 7) is 5.79. The van der Waals surface area contributed by atoms with Gasteiger partial charge in [-0.3, -0.25) is 24.0 Å². The average molecular weight is 560 g/mol. The highest BCUT2D eigenvalue weighted by Crippen LogP contribution is 2.19. The molecule has 2 heterocycles. The van der Waals surface area contributed by atoms with E-state index in [1.165, 1.54) is 0 Å². The Kier molecular flexibility index (Phi) is 9.21. The Bertz CT molecular complexity index is 1430. The number of nitrogens with one attached hydrogen (secondary N) is 5. The number of H-pyrrole nitrogens is 1. The number of amides is 4. The topological polar surface area (TPSA) is 149 Å². The maximum Gasteiger partial charge on any atom is 0.290 e. The molecule has 0 radical (unpaired) electrons. The largest absolute Gasteiger partial charge is 0.361 e. The van der Waals surface area contributed by atoms with Crippen molar-refractivity contribution >= 4 is 40.3 Å². The number of hydrogen-bond acceptors (Lipinski definition) is 5. The zero-order valence-electron chi connectivity index (χ0n) is 23.6. The van der Waals surface area contributed by atoms with Gasteiger partial charge in [-0.05, 0) is 69.9 Å². The Morgan fingerprint density at radius 2 is 1.73 bits per heavy atom. The number of ketones is 1. The second kappa shape index (κ2) is 12.8. The predicted octanol–water partition coefficient (Wildman–Crippen LogP) is 2.39. The first-order chi connectivity index (χ1) is 19.5. The molecule has 10 heteroatoms. The highest BCUT2D eigenvalue weighted by molar-refractivity contribution is 6.38. The molecule has 1 unspecified atom stereocenters. The van der Waals surface area contributed by atoms with Gasteiger partial charge >= 0.3 is 0 Å². The van der Waals surface area contributed by atoms with Crippen molar-refractivity contribution in [2.75, 3.05) is 6.54 Å². The van der Waals surface area contributed by atoms with Crippen molar-refractivity contribution in [2.24, 2.45) is 5.92 Å². The summed E-state index contributed by atoms with van der Waals surface area (Å²) in [5, 5.41) is 11.8. The monoisotopic (exact) mass is 559 g/mol. The zero-order chi connectivity index (χ0) is 29.6. The van der Waals surface area contributed by atoms with Crippen LogP contribution in [0, 0.1) is 5.92 Å². The molecular weight excluding hydrogens is 522 g/mol. The van der Waals surface area contributed by atoms with Crippen molar-refractivity contribution in [3.8, 4) is 0 Å². The summed E-state index contributed by atoms with van der Waals surface area (Å²) < 4.78 is 0. The molecule has 2 aromatic carbocycles. The molecule has 0 spiro atoms. The quantitative estimate of drug-likeness (QED) is 0.242. The molecule has 1 aliphatic heterocycles. The number of carbonyl (C=O) groups is 5. The number of fused-ring (bicyclic) bond motifs is 1. The summed E-state index contributed by atoms with van der Waals surface area (Å²) in [6.07, 6.45) is 3.18. The minimum atomic E-state index is -1.25. The third kappa shape index (κ3) is 8.03. The lowest BCUT2D eigenvalue weighted by Gasteiger charge is -2.28. The third-order valence-corrected chi connectivity index (χ3v) is 6.98. The SMILES string of the molecule is CC(C)(C)NC(=O)C(=O)C(C[C@@H]1CCCNC1=O)NC(=O)[C@H](Cc1ccccc1)NC(=O)c1ccc2[nH]ccc2c1. The fraction of sp³-hybridized carbons (Fsp3) is 0.387. The molecule has 0 bridgehead atoms. The zero-order valence-corrected chi connectivity index (χ0v) is 23.6. The van der Waals surface area contributed by atoms with E-state index in [1.807, 2.05) is 36.4 Å². The number of benzene rings is 2. The van der Waals surface area contributed by atoms with Gasteiger partial charge in [-0.15, -0.1) is 0 Å². The second-order valence-electron chi connectivity index (χ2n) is 11.5. The molecule has 3 atom stereocenters. The molecular formula is C31H37N5O5. The van der Waals surface area contributed by atoms with Crippen LogP contribution in [0.3, 0.4) is 0 Å². The molecule has 1 saturated heterocycles. The number of aromatic amines is 1. The Morgan fingerprint density at radius 1 is 0.976 bits per heavy atom. The summed E-state index contributed by atoms with van der Waals surface area (Å²) in [5.41, 5.74) is 1.38. The van der Waals surface area contributed by atoms with Crippen molar-refractivity contribution < 1.29 is 24.0 Å². The minimum Gasteiger partial charge on any atom is -0.361 e. The van der Waals surface area contributed by atoms with E-state index in [-0.39, 0.29) is 18.7 Å². The lowest BCUT2D eigenvalue weighted by atomic mass is 9.89. The maximum atomic E-state index is 13.7. The molecule has 41 heavy (non-hydrogen) atoms. The van der Waals surface area contributed by atoms with Crippen molar-refractivity contribution in [2.45, 2.75) is 64.1 Å². The molecule has 0 saturated carbocycles. The van der Waals surface area contributed by atoms with Crippen LogP contribution in [0.25, 0.3) is 10.9 Å². The van der Waals surface area contributed by atoms with Gasteiger partial charge in [0.05, 0.1) is 6.04 Å². The fourth-order valence-corrected chi connectivity index (χ4v) is 4.90. The number of rotatable bonds is 10. The van der Waals surface area contributed by atoms with Crippen LogP contribution in [-0.2, 0) is 25.6 Å². The second-order valence-corrected chi connectivity index (χ2v) is 11.5. The highest BCUT2D eigenvalue weighted by atomic mass is 16.2. The predicted molar refractivity (Wildman–Crippen MR) is 155 cm³/mol. The molecule has 10 nitrogen and oxygen atoms in total. The van der Waals surface area contributed by atoms with Gasteiger partial charge in [0, 0.05) is 47.1 Å². The minimum absolute atomic E-state index is 0.0237. The molecule has 1 fully saturated rings. The Hall–Kier alpha value is -4.47. The molecule has 4 amide bonds. The van der Waals surface area contributed by atoms with E-state index >= 15 is 0 Å². The molecule has 0 aliphatic carbocycles. The van der Waals surface area contributed by atoms with Crippen molar-refractivity contribution in [3.63, 3.8) is 0 Å². The van der Waals surface area contributed by atoms with Gasteiger partial charge in [0.1, 0.15) is 6.04 Å². The first-order valence-corrected chi connectivity index (χ1v) is 13.9. The van der Waals surface area contributed by atoms with Gasteiger partial charge in [-0.1, -0.05) is 30.3 Å². The van der Waals surface area contributed by atoms with Crippen molar-refractivity contribution in [1.82, 2.24) is 26.3 Å². The molecule has 216 valence electrons. The third-order valence-electron chi connectivity index (χ3n) is 6.98. The van der Waals surface area contributed by atoms with E-state index in [0.29, 0.717) is 18.5 Å². The van der Waals surface area contributed by atoms with Crippen LogP contribution < -0.4 is 21.3 Å². The standard InChI is InChI=1S/C31H37N5O5/c1-31(2,3)36-30(41)26(37)24(18-21-10-7-14-33-27(21)38)34-29(40)25(16-19-8-5-4-6-9-19)35-28(39)22-11-12-23-20(17-22)13-15-32-23/h4-6,8-9,11-13,15,17,21,24-25,32H,7,10,14,16,18H2,1-3H3,(H,33,38)(H,34,40)(H,35,39)(H,36,41)/t21-,24?,25-/m0/s1. The van der Waals surface area contributed by atoms with E-state index in [4.69, 9.17) is 0 Å². The summed E-state index contributed by atoms with van der Waals surface area (Å²) in [6, 6.07) is 13.9. The highest BCUT2D eigenvalue weighted by Gasteiger charge is 2.35. The lowest BCUT2D eigenvalue weighted by molar-refractivity contribution is -0.142. The number of piperidine rings is 1. The van der Waals surface area contributed by atoms with E-state index in [0.717, 1.165) is 22.9 Å². The van der Waals surface area contributed by atoms with Crippen LogP contribution in [0.15, 0.2) is 60.8 Å². The van der Waals surface area contributed by atoms with Gasteiger partial charge in [0.25, 0.3) is 11.8 Å². The van der Waals surface area contributed by atoms with Crippen LogP contribution in [0.2, 0.25) is 0 Å². The first-order valence-electron chi connectivity index (χ1n) is 13.9. The Balaban J connectivity index is 1.57. The Labute approximate surface area is 239 Å². The van der Waals surface area contributed by atoms with Crippen LogP contribution >= 0.6 is 0 Å². The normalized spacial score (nSPS) is 16.8. The summed E-state index contributed by atoms with van der Waals surface area (Å²) in [4.78, 5) is 68.7. The van der Waals surface area contributed by atoms with Gasteiger partial charge in [-0.2, -0.15) is 0 Å². The Morgan fingerprint density at radius 3 is 2.44 bits per heavy atom.